The molecule has 1 saturated heterocycles. The first-order valence-electron chi connectivity index (χ1n) is 11.1. The van der Waals surface area contributed by atoms with Crippen LogP contribution in [0.3, 0.4) is 0 Å². The number of aryl methyl sites for hydroxylation is 1. The van der Waals surface area contributed by atoms with Gasteiger partial charge in [0, 0.05) is 31.6 Å². The molecule has 1 aliphatic rings. The fraction of sp³-hybridized carbons (Fsp3) is 0.400. The second-order valence-electron chi connectivity index (χ2n) is 7.86. The summed E-state index contributed by atoms with van der Waals surface area (Å²) in [5.41, 5.74) is 1.68. The second kappa shape index (κ2) is 11.9. The maximum Gasteiger partial charge on any atom is 0.251 e. The number of methoxy groups -OCH3 is 1. The molecule has 0 spiro atoms. The lowest BCUT2D eigenvalue weighted by Gasteiger charge is -2.24. The van der Waals surface area contributed by atoms with Crippen LogP contribution in [0.15, 0.2) is 54.6 Å². The van der Waals surface area contributed by atoms with Crippen molar-refractivity contribution < 1.29 is 19.1 Å². The van der Waals surface area contributed by atoms with Gasteiger partial charge in [-0.25, -0.2) is 0 Å². The van der Waals surface area contributed by atoms with Crippen molar-refractivity contribution in [1.82, 2.24) is 15.5 Å². The fourth-order valence-electron chi connectivity index (χ4n) is 3.84. The summed E-state index contributed by atoms with van der Waals surface area (Å²) in [6.07, 6.45) is 3.23. The van der Waals surface area contributed by atoms with Crippen LogP contribution in [0.5, 0.6) is 5.75 Å². The first-order chi connectivity index (χ1) is 15.6. The number of nitrogens with one attached hydrogen (secondary N) is 2. The molecule has 7 heteroatoms. The topological polar surface area (TPSA) is 87.7 Å². The van der Waals surface area contributed by atoms with E-state index < -0.39 is 6.04 Å². The summed E-state index contributed by atoms with van der Waals surface area (Å²) >= 11 is 0. The zero-order chi connectivity index (χ0) is 22.8. The molecule has 1 fully saturated rings. The van der Waals surface area contributed by atoms with E-state index >= 15 is 0 Å². The fourth-order valence-corrected chi connectivity index (χ4v) is 3.84. The van der Waals surface area contributed by atoms with Gasteiger partial charge >= 0.3 is 0 Å². The zero-order valence-corrected chi connectivity index (χ0v) is 18.5. The molecule has 1 atom stereocenters. The molecule has 0 bridgehead atoms. The first kappa shape index (κ1) is 23.3. The van der Waals surface area contributed by atoms with Crippen LogP contribution in [0, 0.1) is 0 Å². The van der Waals surface area contributed by atoms with Crippen LogP contribution in [-0.4, -0.2) is 55.4 Å². The largest absolute Gasteiger partial charge is 0.497 e. The maximum absolute atomic E-state index is 12.7. The quantitative estimate of drug-likeness (QED) is 0.559. The van der Waals surface area contributed by atoms with Crippen LogP contribution in [0.1, 0.15) is 41.6 Å². The van der Waals surface area contributed by atoms with E-state index in [0.717, 1.165) is 12.0 Å². The van der Waals surface area contributed by atoms with Crippen molar-refractivity contribution in [2.75, 3.05) is 26.7 Å². The van der Waals surface area contributed by atoms with Crippen LogP contribution in [-0.2, 0) is 16.0 Å². The van der Waals surface area contributed by atoms with Gasteiger partial charge in [0.25, 0.3) is 5.91 Å². The molecule has 2 aromatic carbocycles. The Balaban J connectivity index is 1.36. The number of hydrogen-bond donors (Lipinski definition) is 2. The van der Waals surface area contributed by atoms with Crippen molar-refractivity contribution in [3.63, 3.8) is 0 Å². The van der Waals surface area contributed by atoms with Crippen LogP contribution >= 0.6 is 0 Å². The third-order valence-electron chi connectivity index (χ3n) is 5.64. The Kier molecular flexibility index (Phi) is 8.66. The Hall–Kier alpha value is -3.35. The highest BCUT2D eigenvalue weighted by Crippen LogP contribution is 2.19. The summed E-state index contributed by atoms with van der Waals surface area (Å²) in [4.78, 5) is 39.1. The van der Waals surface area contributed by atoms with E-state index in [0.29, 0.717) is 56.6 Å². The SMILES string of the molecule is COc1ccc(C(=O)NCCCNC(=O)[C@H]2CCCN2C(=O)CCc2ccccc2)cc1. The summed E-state index contributed by atoms with van der Waals surface area (Å²) in [5.74, 6) is 0.448. The van der Waals surface area contributed by atoms with E-state index in [1.165, 1.54) is 0 Å². The lowest BCUT2D eigenvalue weighted by molar-refractivity contribution is -0.138. The Morgan fingerprint density at radius 1 is 1.00 bits per heavy atom. The van der Waals surface area contributed by atoms with Gasteiger partial charge in [0.05, 0.1) is 7.11 Å². The number of carbonyl (C=O) groups excluding carboxylic acids is 3. The highest BCUT2D eigenvalue weighted by molar-refractivity contribution is 5.94. The Labute approximate surface area is 189 Å². The molecule has 3 amide bonds. The van der Waals surface area contributed by atoms with Crippen molar-refractivity contribution in [3.05, 3.63) is 65.7 Å². The molecule has 0 saturated carbocycles. The third-order valence-corrected chi connectivity index (χ3v) is 5.64. The van der Waals surface area contributed by atoms with Crippen LogP contribution < -0.4 is 15.4 Å². The molecule has 0 aliphatic carbocycles. The predicted octanol–water partition coefficient (Wildman–Crippen LogP) is 2.56. The molecule has 2 aromatic rings. The highest BCUT2D eigenvalue weighted by atomic mass is 16.5. The molecule has 0 aromatic heterocycles. The lowest BCUT2D eigenvalue weighted by atomic mass is 10.1. The molecular formula is C25H31N3O4. The molecule has 7 nitrogen and oxygen atoms in total. The average Bonchev–Trinajstić information content (AvgIpc) is 3.33. The van der Waals surface area contributed by atoms with E-state index in [2.05, 4.69) is 10.6 Å². The smallest absolute Gasteiger partial charge is 0.251 e. The molecule has 0 radical (unpaired) electrons. The van der Waals surface area contributed by atoms with Crippen molar-refractivity contribution in [2.24, 2.45) is 0 Å². The summed E-state index contributed by atoms with van der Waals surface area (Å²) in [6.45, 7) is 1.53. The molecule has 1 aliphatic heterocycles. The molecular weight excluding hydrogens is 406 g/mol. The van der Waals surface area contributed by atoms with Crippen molar-refractivity contribution in [2.45, 2.75) is 38.1 Å². The van der Waals surface area contributed by atoms with Gasteiger partial charge in [-0.3, -0.25) is 14.4 Å². The van der Waals surface area contributed by atoms with Gasteiger partial charge in [0.15, 0.2) is 0 Å². The van der Waals surface area contributed by atoms with E-state index in [4.69, 9.17) is 4.74 Å². The van der Waals surface area contributed by atoms with Gasteiger partial charge in [-0.15, -0.1) is 0 Å². The van der Waals surface area contributed by atoms with E-state index in [1.807, 2.05) is 30.3 Å². The predicted molar refractivity (Wildman–Crippen MR) is 122 cm³/mol. The van der Waals surface area contributed by atoms with Gasteiger partial charge in [0.2, 0.25) is 11.8 Å². The zero-order valence-electron chi connectivity index (χ0n) is 18.5. The summed E-state index contributed by atoms with van der Waals surface area (Å²) < 4.78 is 5.09. The summed E-state index contributed by atoms with van der Waals surface area (Å²) in [7, 11) is 1.58. The minimum absolute atomic E-state index is 0.0262. The van der Waals surface area contributed by atoms with Gasteiger partial charge in [-0.05, 0) is 55.5 Å². The summed E-state index contributed by atoms with van der Waals surface area (Å²) in [6, 6.07) is 16.4. The average molecular weight is 438 g/mol. The van der Waals surface area contributed by atoms with Gasteiger partial charge in [-0.2, -0.15) is 0 Å². The number of likely N-dealkylation sites (tertiary alicyclic amines) is 1. The Bertz CT molecular complexity index is 899. The highest BCUT2D eigenvalue weighted by Gasteiger charge is 2.33. The van der Waals surface area contributed by atoms with E-state index in [9.17, 15) is 14.4 Å². The normalized spacial score (nSPS) is 15.3. The van der Waals surface area contributed by atoms with Crippen molar-refractivity contribution in [1.29, 1.82) is 0 Å². The second-order valence-corrected chi connectivity index (χ2v) is 7.86. The van der Waals surface area contributed by atoms with E-state index in [1.54, 1.807) is 36.3 Å². The Morgan fingerprint density at radius 3 is 2.44 bits per heavy atom. The molecule has 2 N–H and O–H groups in total. The Morgan fingerprint density at radius 2 is 1.72 bits per heavy atom. The van der Waals surface area contributed by atoms with Gasteiger partial charge < -0.3 is 20.3 Å². The van der Waals surface area contributed by atoms with Gasteiger partial charge in [-0.1, -0.05) is 30.3 Å². The number of amides is 3. The third kappa shape index (κ3) is 6.57. The van der Waals surface area contributed by atoms with Crippen LogP contribution in [0.2, 0.25) is 0 Å². The van der Waals surface area contributed by atoms with Crippen LogP contribution in [0.25, 0.3) is 0 Å². The summed E-state index contributed by atoms with van der Waals surface area (Å²) in [5, 5.41) is 5.75. The molecule has 32 heavy (non-hydrogen) atoms. The standard InChI is InChI=1S/C25H31N3O4/c1-32-21-13-11-20(12-14-21)24(30)26-16-6-17-27-25(31)22-9-5-18-28(22)23(29)15-10-19-7-3-2-4-8-19/h2-4,7-8,11-14,22H,5-6,9-10,15-18H2,1H3,(H,26,30)(H,27,31)/t22-/m1/s1. The first-order valence-corrected chi connectivity index (χ1v) is 11.1. The molecule has 170 valence electrons. The lowest BCUT2D eigenvalue weighted by Crippen LogP contribution is -2.46. The van der Waals surface area contributed by atoms with E-state index in [-0.39, 0.29) is 17.7 Å². The van der Waals surface area contributed by atoms with Crippen LogP contribution in [0.4, 0.5) is 0 Å². The maximum atomic E-state index is 12.7. The number of ether oxygens (including phenoxy) is 1. The van der Waals surface area contributed by atoms with Gasteiger partial charge in [0.1, 0.15) is 11.8 Å². The van der Waals surface area contributed by atoms with Crippen molar-refractivity contribution >= 4 is 17.7 Å². The number of nitrogens with zero attached hydrogens (tertiary/aromatic N) is 1. The molecule has 1 heterocycles. The minimum atomic E-state index is -0.396. The number of carbonyl (C=O) groups is 3. The monoisotopic (exact) mass is 437 g/mol. The number of benzene rings is 2. The number of hydrogen-bond acceptors (Lipinski definition) is 4. The van der Waals surface area contributed by atoms with Crippen molar-refractivity contribution in [3.8, 4) is 5.75 Å². The minimum Gasteiger partial charge on any atom is -0.497 e. The molecule has 0 unspecified atom stereocenters. The molecule has 3 rings (SSSR count). The number of rotatable bonds is 10.